The quantitative estimate of drug-likeness (QED) is 0.895. The molecule has 0 unspecified atom stereocenters. The van der Waals surface area contributed by atoms with E-state index in [0.717, 1.165) is 12.0 Å². The zero-order valence-corrected chi connectivity index (χ0v) is 14.0. The molecule has 2 aromatic rings. The molecule has 126 valence electrons. The van der Waals surface area contributed by atoms with Crippen LogP contribution in [0.3, 0.4) is 0 Å². The van der Waals surface area contributed by atoms with Crippen molar-refractivity contribution in [2.45, 2.75) is 27.2 Å². The Morgan fingerprint density at radius 2 is 1.54 bits per heavy atom. The van der Waals surface area contributed by atoms with E-state index >= 15 is 0 Å². The summed E-state index contributed by atoms with van der Waals surface area (Å²) in [5, 5.41) is 11.8. The summed E-state index contributed by atoms with van der Waals surface area (Å²) >= 11 is 0. The van der Waals surface area contributed by atoms with Crippen molar-refractivity contribution in [3.63, 3.8) is 0 Å². The van der Waals surface area contributed by atoms with Gasteiger partial charge in [-0.1, -0.05) is 31.2 Å². The van der Waals surface area contributed by atoms with Crippen molar-refractivity contribution in [3.8, 4) is 0 Å². The molecule has 2 N–H and O–H groups in total. The molecule has 0 spiro atoms. The molecule has 0 aliphatic carbocycles. The van der Waals surface area contributed by atoms with Crippen LogP contribution in [-0.2, 0) is 11.2 Å². The second-order valence-electron chi connectivity index (χ2n) is 5.27. The zero-order chi connectivity index (χ0) is 18.1. The van der Waals surface area contributed by atoms with E-state index in [9.17, 15) is 14.4 Å². The van der Waals surface area contributed by atoms with Crippen molar-refractivity contribution in [3.05, 3.63) is 65.2 Å². The number of rotatable bonds is 4. The molecular formula is C19H21NO4. The second-order valence-corrected chi connectivity index (χ2v) is 5.27. The van der Waals surface area contributed by atoms with Crippen LogP contribution < -0.4 is 5.32 Å². The van der Waals surface area contributed by atoms with Crippen LogP contribution in [0.15, 0.2) is 48.5 Å². The van der Waals surface area contributed by atoms with Crippen molar-refractivity contribution >= 4 is 23.3 Å². The molecule has 5 heteroatoms. The lowest BCUT2D eigenvalue weighted by Crippen LogP contribution is -2.16. The smallest absolute Gasteiger partial charge is 0.336 e. The third-order valence-corrected chi connectivity index (χ3v) is 3.00. The van der Waals surface area contributed by atoms with Gasteiger partial charge in [-0.15, -0.1) is 0 Å². The second kappa shape index (κ2) is 9.25. The molecule has 0 saturated heterocycles. The van der Waals surface area contributed by atoms with Gasteiger partial charge in [0.05, 0.1) is 11.1 Å². The summed E-state index contributed by atoms with van der Waals surface area (Å²) in [5.41, 5.74) is 1.92. The van der Waals surface area contributed by atoms with Gasteiger partial charge in [0.2, 0.25) is 0 Å². The normalized spacial score (nSPS) is 9.46. The number of carboxylic acids is 1. The Morgan fingerprint density at radius 1 is 0.958 bits per heavy atom. The number of hydrogen-bond donors (Lipinski definition) is 2. The maximum absolute atomic E-state index is 12.2. The zero-order valence-electron chi connectivity index (χ0n) is 14.0. The summed E-state index contributed by atoms with van der Waals surface area (Å²) < 4.78 is 0. The number of carboxylic acid groups (broad SMARTS) is 1. The van der Waals surface area contributed by atoms with Crippen LogP contribution >= 0.6 is 0 Å². The van der Waals surface area contributed by atoms with Gasteiger partial charge in [-0.25, -0.2) is 4.79 Å². The Kier molecular flexibility index (Phi) is 7.36. The minimum Gasteiger partial charge on any atom is -0.478 e. The molecule has 0 aliphatic rings. The standard InChI is InChI=1S/C16H15NO3.C3H6O/c1-2-11-6-5-7-12(10-11)17-15(18)13-8-3-4-9-14(13)16(19)20;1-3(2)4/h3-10H,2H2,1H3,(H,17,18)(H,19,20);1-2H3. The monoisotopic (exact) mass is 327 g/mol. The van der Waals surface area contributed by atoms with E-state index in [1.807, 2.05) is 25.1 Å². The first-order chi connectivity index (χ1) is 11.3. The Balaban J connectivity index is 0.000000648. The number of nitrogens with one attached hydrogen (secondary N) is 1. The first kappa shape index (κ1) is 19.1. The molecule has 0 bridgehead atoms. The number of anilines is 1. The van der Waals surface area contributed by atoms with Gasteiger partial charge in [0.15, 0.2) is 0 Å². The molecule has 0 radical (unpaired) electrons. The number of hydrogen-bond acceptors (Lipinski definition) is 3. The van der Waals surface area contributed by atoms with Crippen LogP contribution in [0, 0.1) is 0 Å². The minimum absolute atomic E-state index is 0.00311. The molecule has 1 amide bonds. The summed E-state index contributed by atoms with van der Waals surface area (Å²) in [6.45, 7) is 5.08. The molecule has 0 fully saturated rings. The molecule has 2 aromatic carbocycles. The van der Waals surface area contributed by atoms with Gasteiger partial charge in [-0.05, 0) is 50.1 Å². The van der Waals surface area contributed by atoms with Crippen LogP contribution in [0.5, 0.6) is 0 Å². The number of carbonyl (C=O) groups is 3. The third-order valence-electron chi connectivity index (χ3n) is 3.00. The number of amides is 1. The highest BCUT2D eigenvalue weighted by Gasteiger charge is 2.15. The Bertz CT molecular complexity index is 734. The molecule has 2 rings (SSSR count). The number of aromatic carboxylic acids is 1. The molecule has 0 saturated carbocycles. The van der Waals surface area contributed by atoms with E-state index in [1.165, 1.54) is 26.0 Å². The minimum atomic E-state index is -1.11. The largest absolute Gasteiger partial charge is 0.478 e. The van der Waals surface area contributed by atoms with E-state index in [1.54, 1.807) is 18.2 Å². The highest BCUT2D eigenvalue weighted by atomic mass is 16.4. The van der Waals surface area contributed by atoms with Gasteiger partial charge in [0, 0.05) is 5.69 Å². The fourth-order valence-electron chi connectivity index (χ4n) is 1.94. The predicted octanol–water partition coefficient (Wildman–Crippen LogP) is 3.79. The predicted molar refractivity (Wildman–Crippen MR) is 93.5 cm³/mol. The summed E-state index contributed by atoms with van der Waals surface area (Å²) in [5.74, 6) is -1.37. The number of carbonyl (C=O) groups excluding carboxylic acids is 2. The lowest BCUT2D eigenvalue weighted by molar-refractivity contribution is -0.115. The van der Waals surface area contributed by atoms with Crippen molar-refractivity contribution in [1.29, 1.82) is 0 Å². The Labute approximate surface area is 141 Å². The van der Waals surface area contributed by atoms with Gasteiger partial charge in [-0.2, -0.15) is 0 Å². The summed E-state index contributed by atoms with van der Waals surface area (Å²) in [6, 6.07) is 13.6. The van der Waals surface area contributed by atoms with E-state index in [4.69, 9.17) is 5.11 Å². The molecule has 24 heavy (non-hydrogen) atoms. The number of benzene rings is 2. The van der Waals surface area contributed by atoms with Crippen LogP contribution in [0.2, 0.25) is 0 Å². The average Bonchev–Trinajstić information content (AvgIpc) is 2.54. The topological polar surface area (TPSA) is 83.5 Å². The number of aryl methyl sites for hydroxylation is 1. The first-order valence-corrected chi connectivity index (χ1v) is 7.55. The lowest BCUT2D eigenvalue weighted by Gasteiger charge is -2.08. The van der Waals surface area contributed by atoms with Crippen molar-refractivity contribution in [2.24, 2.45) is 0 Å². The van der Waals surface area contributed by atoms with Crippen LogP contribution in [-0.4, -0.2) is 22.8 Å². The van der Waals surface area contributed by atoms with Gasteiger partial charge >= 0.3 is 5.97 Å². The van der Waals surface area contributed by atoms with Gasteiger partial charge in [0.25, 0.3) is 5.91 Å². The van der Waals surface area contributed by atoms with Crippen LogP contribution in [0.1, 0.15) is 47.1 Å². The van der Waals surface area contributed by atoms with Crippen LogP contribution in [0.25, 0.3) is 0 Å². The maximum Gasteiger partial charge on any atom is 0.336 e. The molecule has 0 aliphatic heterocycles. The average molecular weight is 327 g/mol. The SMILES string of the molecule is CC(C)=O.CCc1cccc(NC(=O)c2ccccc2C(=O)O)c1. The Hall–Kier alpha value is -2.95. The van der Waals surface area contributed by atoms with Gasteiger partial charge in [-0.3, -0.25) is 4.79 Å². The summed E-state index contributed by atoms with van der Waals surface area (Å²) in [7, 11) is 0. The van der Waals surface area contributed by atoms with Crippen molar-refractivity contribution in [1.82, 2.24) is 0 Å². The van der Waals surface area contributed by atoms with Gasteiger partial charge in [0.1, 0.15) is 5.78 Å². The van der Waals surface area contributed by atoms with E-state index < -0.39 is 11.9 Å². The van der Waals surface area contributed by atoms with Gasteiger partial charge < -0.3 is 15.2 Å². The van der Waals surface area contributed by atoms with Crippen molar-refractivity contribution < 1.29 is 19.5 Å². The Morgan fingerprint density at radius 3 is 2.08 bits per heavy atom. The molecule has 0 atom stereocenters. The number of ketones is 1. The molecule has 5 nitrogen and oxygen atoms in total. The summed E-state index contributed by atoms with van der Waals surface area (Å²) in [4.78, 5) is 32.7. The summed E-state index contributed by atoms with van der Waals surface area (Å²) in [6.07, 6.45) is 0.870. The first-order valence-electron chi connectivity index (χ1n) is 7.55. The molecule has 0 heterocycles. The maximum atomic E-state index is 12.2. The van der Waals surface area contributed by atoms with E-state index in [-0.39, 0.29) is 16.9 Å². The third kappa shape index (κ3) is 6.04. The molecule has 0 aromatic heterocycles. The molecular weight excluding hydrogens is 306 g/mol. The highest BCUT2D eigenvalue weighted by Crippen LogP contribution is 2.15. The fourth-order valence-corrected chi connectivity index (χ4v) is 1.94. The van der Waals surface area contributed by atoms with E-state index in [0.29, 0.717) is 5.69 Å². The van der Waals surface area contributed by atoms with E-state index in [2.05, 4.69) is 5.32 Å². The van der Waals surface area contributed by atoms with Crippen LogP contribution in [0.4, 0.5) is 5.69 Å². The number of Topliss-reactive ketones (excluding diaryl/α,β-unsaturated/α-hetero) is 1. The fraction of sp³-hybridized carbons (Fsp3) is 0.211. The lowest BCUT2D eigenvalue weighted by atomic mass is 10.1. The van der Waals surface area contributed by atoms with Crippen molar-refractivity contribution in [2.75, 3.05) is 5.32 Å². The highest BCUT2D eigenvalue weighted by molar-refractivity contribution is 6.10.